The van der Waals surface area contributed by atoms with Gasteiger partial charge in [0.1, 0.15) is 18.0 Å². The topological polar surface area (TPSA) is 27.7 Å². The van der Waals surface area contributed by atoms with Gasteiger partial charge in [-0.05, 0) is 6.08 Å². The molecule has 1 rings (SSSR count). The highest BCUT2D eigenvalue weighted by Crippen LogP contribution is 2.18. The second-order valence-electron chi connectivity index (χ2n) is 2.51. The average molecular weight is 170 g/mol. The van der Waals surface area contributed by atoms with E-state index in [1.807, 2.05) is 18.2 Å². The summed E-state index contributed by atoms with van der Waals surface area (Å²) in [6, 6.07) is 0. The van der Waals surface area contributed by atoms with E-state index in [1.165, 1.54) is 0 Å². The quantitative estimate of drug-likeness (QED) is 0.635. The average Bonchev–Trinajstić information content (AvgIpc) is 2.16. The van der Waals surface area contributed by atoms with Crippen LogP contribution in [0.2, 0.25) is 0 Å². The van der Waals surface area contributed by atoms with Crippen LogP contribution < -0.4 is 0 Å². The highest BCUT2D eigenvalue weighted by atomic mass is 16.6. The summed E-state index contributed by atoms with van der Waals surface area (Å²) in [5, 5.41) is 0. The molecule has 1 aliphatic carbocycles. The van der Waals surface area contributed by atoms with Crippen LogP contribution in [0, 0.1) is 0 Å². The molecule has 68 valence electrons. The molecule has 3 heteroatoms. The molecule has 0 aliphatic heterocycles. The SMILES string of the molecule is COC1=CC=CC(OC)C1OC. The van der Waals surface area contributed by atoms with E-state index < -0.39 is 0 Å². The fourth-order valence-corrected chi connectivity index (χ4v) is 1.25. The molecule has 0 fully saturated rings. The Kier molecular flexibility index (Phi) is 3.31. The summed E-state index contributed by atoms with van der Waals surface area (Å²) in [5.74, 6) is 0.798. The standard InChI is InChI=1S/C9H14O3/c1-10-7-5-4-6-8(11-2)9(7)12-3/h4-7,9H,1-3H3. The van der Waals surface area contributed by atoms with E-state index >= 15 is 0 Å². The third-order valence-electron chi connectivity index (χ3n) is 1.90. The van der Waals surface area contributed by atoms with Crippen molar-refractivity contribution in [2.75, 3.05) is 21.3 Å². The molecule has 0 N–H and O–H groups in total. The molecule has 12 heavy (non-hydrogen) atoms. The van der Waals surface area contributed by atoms with Gasteiger partial charge in [0.2, 0.25) is 0 Å². The van der Waals surface area contributed by atoms with Gasteiger partial charge >= 0.3 is 0 Å². The summed E-state index contributed by atoms with van der Waals surface area (Å²) in [5.41, 5.74) is 0. The second kappa shape index (κ2) is 4.28. The molecule has 0 aromatic heterocycles. The van der Waals surface area contributed by atoms with Gasteiger partial charge in [-0.15, -0.1) is 0 Å². The smallest absolute Gasteiger partial charge is 0.144 e. The highest BCUT2D eigenvalue weighted by molar-refractivity contribution is 5.21. The number of allylic oxidation sites excluding steroid dienone is 2. The first-order valence-corrected chi connectivity index (χ1v) is 3.81. The molecule has 0 saturated carbocycles. The Hall–Kier alpha value is -0.800. The van der Waals surface area contributed by atoms with Gasteiger partial charge < -0.3 is 14.2 Å². The molecule has 1 aliphatic rings. The summed E-state index contributed by atoms with van der Waals surface area (Å²) < 4.78 is 15.6. The lowest BCUT2D eigenvalue weighted by atomic mass is 10.1. The van der Waals surface area contributed by atoms with Crippen molar-refractivity contribution in [3.8, 4) is 0 Å². The molecular weight excluding hydrogens is 156 g/mol. The largest absolute Gasteiger partial charge is 0.498 e. The Labute approximate surface area is 72.6 Å². The van der Waals surface area contributed by atoms with Gasteiger partial charge in [0.05, 0.1) is 7.11 Å². The van der Waals surface area contributed by atoms with E-state index in [1.54, 1.807) is 21.3 Å². The minimum absolute atomic E-state index is 0.0463. The molecule has 0 heterocycles. The van der Waals surface area contributed by atoms with Gasteiger partial charge in [0.25, 0.3) is 0 Å². The monoisotopic (exact) mass is 170 g/mol. The molecule has 0 radical (unpaired) electrons. The lowest BCUT2D eigenvalue weighted by Gasteiger charge is -2.25. The fraction of sp³-hybridized carbons (Fsp3) is 0.556. The summed E-state index contributed by atoms with van der Waals surface area (Å²) in [6.45, 7) is 0. The zero-order chi connectivity index (χ0) is 8.97. The number of hydrogen-bond donors (Lipinski definition) is 0. The summed E-state index contributed by atoms with van der Waals surface area (Å²) >= 11 is 0. The lowest BCUT2D eigenvalue weighted by molar-refractivity contribution is -0.0183. The zero-order valence-electron chi connectivity index (χ0n) is 7.61. The fourth-order valence-electron chi connectivity index (χ4n) is 1.25. The van der Waals surface area contributed by atoms with Gasteiger partial charge in [0.15, 0.2) is 0 Å². The third-order valence-corrected chi connectivity index (χ3v) is 1.90. The van der Waals surface area contributed by atoms with E-state index in [9.17, 15) is 0 Å². The van der Waals surface area contributed by atoms with Crippen LogP contribution >= 0.6 is 0 Å². The minimum atomic E-state index is -0.120. The van der Waals surface area contributed by atoms with Crippen molar-refractivity contribution in [2.24, 2.45) is 0 Å². The molecule has 0 spiro atoms. The van der Waals surface area contributed by atoms with Crippen LogP contribution in [0.25, 0.3) is 0 Å². The van der Waals surface area contributed by atoms with Crippen LogP contribution in [-0.4, -0.2) is 33.5 Å². The molecule has 3 nitrogen and oxygen atoms in total. The Balaban J connectivity index is 2.73. The Bertz CT molecular complexity index is 196. The van der Waals surface area contributed by atoms with Gasteiger partial charge in [0, 0.05) is 14.2 Å². The summed E-state index contributed by atoms with van der Waals surface area (Å²) in [7, 11) is 4.92. The van der Waals surface area contributed by atoms with E-state index in [2.05, 4.69) is 0 Å². The zero-order valence-corrected chi connectivity index (χ0v) is 7.61. The number of hydrogen-bond acceptors (Lipinski definition) is 3. The van der Waals surface area contributed by atoms with E-state index in [-0.39, 0.29) is 12.2 Å². The van der Waals surface area contributed by atoms with Crippen molar-refractivity contribution in [3.05, 3.63) is 24.0 Å². The second-order valence-corrected chi connectivity index (χ2v) is 2.51. The van der Waals surface area contributed by atoms with E-state index in [4.69, 9.17) is 14.2 Å². The third kappa shape index (κ3) is 1.68. The number of methoxy groups -OCH3 is 3. The molecular formula is C9H14O3. The maximum Gasteiger partial charge on any atom is 0.144 e. The van der Waals surface area contributed by atoms with Gasteiger partial charge in [-0.2, -0.15) is 0 Å². The van der Waals surface area contributed by atoms with Crippen LogP contribution in [0.4, 0.5) is 0 Å². The molecule has 2 unspecified atom stereocenters. The van der Waals surface area contributed by atoms with Crippen LogP contribution in [0.1, 0.15) is 0 Å². The molecule has 0 aromatic rings. The van der Waals surface area contributed by atoms with Gasteiger partial charge in [-0.1, -0.05) is 12.2 Å². The first-order valence-electron chi connectivity index (χ1n) is 3.81. The molecule has 2 atom stereocenters. The highest BCUT2D eigenvalue weighted by Gasteiger charge is 2.25. The van der Waals surface area contributed by atoms with Crippen molar-refractivity contribution in [1.82, 2.24) is 0 Å². The minimum Gasteiger partial charge on any atom is -0.498 e. The predicted octanol–water partition coefficient (Wildman–Crippen LogP) is 1.12. The van der Waals surface area contributed by atoms with Crippen LogP contribution in [0.5, 0.6) is 0 Å². The van der Waals surface area contributed by atoms with E-state index in [0.29, 0.717) is 0 Å². The Morgan fingerprint density at radius 3 is 2.42 bits per heavy atom. The van der Waals surface area contributed by atoms with Crippen LogP contribution in [0.3, 0.4) is 0 Å². The van der Waals surface area contributed by atoms with Crippen molar-refractivity contribution in [1.29, 1.82) is 0 Å². The Morgan fingerprint density at radius 1 is 1.17 bits per heavy atom. The van der Waals surface area contributed by atoms with Crippen molar-refractivity contribution in [3.63, 3.8) is 0 Å². The summed E-state index contributed by atoms with van der Waals surface area (Å²) in [4.78, 5) is 0. The van der Waals surface area contributed by atoms with Gasteiger partial charge in [-0.3, -0.25) is 0 Å². The maximum atomic E-state index is 5.23. The Morgan fingerprint density at radius 2 is 1.92 bits per heavy atom. The molecule has 0 amide bonds. The van der Waals surface area contributed by atoms with Crippen molar-refractivity contribution >= 4 is 0 Å². The van der Waals surface area contributed by atoms with Crippen LogP contribution in [0.15, 0.2) is 24.0 Å². The van der Waals surface area contributed by atoms with Crippen LogP contribution in [-0.2, 0) is 14.2 Å². The molecule has 0 saturated heterocycles. The summed E-state index contributed by atoms with van der Waals surface area (Å²) in [6.07, 6.45) is 5.56. The van der Waals surface area contributed by atoms with Gasteiger partial charge in [-0.25, -0.2) is 0 Å². The number of rotatable bonds is 3. The van der Waals surface area contributed by atoms with E-state index in [0.717, 1.165) is 5.76 Å². The first kappa shape index (κ1) is 9.29. The first-order chi connectivity index (χ1) is 5.83. The normalized spacial score (nSPS) is 28.4. The van der Waals surface area contributed by atoms with Crippen molar-refractivity contribution < 1.29 is 14.2 Å². The molecule has 0 bridgehead atoms. The lowest BCUT2D eigenvalue weighted by Crippen LogP contribution is -2.32. The maximum absolute atomic E-state index is 5.23. The molecule has 0 aromatic carbocycles. The predicted molar refractivity (Wildman–Crippen MR) is 45.8 cm³/mol. The van der Waals surface area contributed by atoms with Crippen molar-refractivity contribution in [2.45, 2.75) is 12.2 Å². The number of ether oxygens (including phenoxy) is 3.